The highest BCUT2D eigenvalue weighted by Crippen LogP contribution is 2.10. The van der Waals surface area contributed by atoms with Crippen molar-refractivity contribution in [3.8, 4) is 0 Å². The summed E-state index contributed by atoms with van der Waals surface area (Å²) in [7, 11) is 0. The summed E-state index contributed by atoms with van der Waals surface area (Å²) in [5.74, 6) is 1.58. The Hall–Kier alpha value is -2.28. The Morgan fingerprint density at radius 2 is 1.96 bits per heavy atom. The monoisotopic (exact) mass is 359 g/mol. The van der Waals surface area contributed by atoms with Gasteiger partial charge in [-0.1, -0.05) is 20.8 Å². The minimum Gasteiger partial charge on any atom is -0.478 e. The third-order valence-electron chi connectivity index (χ3n) is 4.31. The fourth-order valence-electron chi connectivity index (χ4n) is 2.85. The number of carboxylic acid groups (broad SMARTS) is 1. The second kappa shape index (κ2) is 9.43. The van der Waals surface area contributed by atoms with Crippen molar-refractivity contribution in [2.75, 3.05) is 0 Å². The van der Waals surface area contributed by atoms with Crippen LogP contribution in [-0.2, 0) is 26.1 Å². The summed E-state index contributed by atoms with van der Waals surface area (Å²) in [5.41, 5.74) is 1.79. The molecule has 2 N–H and O–H groups in total. The number of nitrogens with one attached hydrogen (secondary N) is 1. The summed E-state index contributed by atoms with van der Waals surface area (Å²) in [6.45, 7) is 10.4. The summed E-state index contributed by atoms with van der Waals surface area (Å²) in [6, 6.07) is 3.24. The molecule has 2 aromatic heterocycles. The van der Waals surface area contributed by atoms with E-state index in [-0.39, 0.29) is 5.56 Å². The Bertz CT molecular complexity index is 740. The van der Waals surface area contributed by atoms with E-state index in [1.165, 1.54) is 6.42 Å². The smallest absolute Gasteiger partial charge is 0.335 e. The summed E-state index contributed by atoms with van der Waals surface area (Å²) in [5, 5.41) is 21.0. The number of aromatic carboxylic acids is 1. The molecular formula is C19H29N5O2. The maximum absolute atomic E-state index is 11.2. The Morgan fingerprint density at radius 3 is 2.62 bits per heavy atom. The van der Waals surface area contributed by atoms with Crippen LogP contribution in [0.2, 0.25) is 0 Å². The predicted molar refractivity (Wildman–Crippen MR) is 99.9 cm³/mol. The van der Waals surface area contributed by atoms with Gasteiger partial charge in [0.1, 0.15) is 11.6 Å². The first-order valence-electron chi connectivity index (χ1n) is 9.23. The van der Waals surface area contributed by atoms with Crippen molar-refractivity contribution in [3.63, 3.8) is 0 Å². The molecule has 0 aliphatic carbocycles. The van der Waals surface area contributed by atoms with Gasteiger partial charge in [-0.15, -0.1) is 10.2 Å². The minimum atomic E-state index is -0.927. The number of aromatic nitrogens is 4. The molecule has 0 aliphatic heterocycles. The fraction of sp³-hybridized carbons (Fsp3) is 0.579. The number of carbonyl (C=O) groups is 1. The molecule has 0 amide bonds. The van der Waals surface area contributed by atoms with E-state index in [9.17, 15) is 9.90 Å². The third-order valence-corrected chi connectivity index (χ3v) is 4.31. The van der Waals surface area contributed by atoms with Gasteiger partial charge in [0, 0.05) is 18.8 Å². The van der Waals surface area contributed by atoms with E-state index in [0.717, 1.165) is 36.0 Å². The Morgan fingerprint density at radius 1 is 1.23 bits per heavy atom. The normalized spacial score (nSPS) is 11.3. The van der Waals surface area contributed by atoms with Crippen molar-refractivity contribution in [3.05, 3.63) is 40.7 Å². The van der Waals surface area contributed by atoms with E-state index in [0.29, 0.717) is 25.4 Å². The number of pyridine rings is 1. The van der Waals surface area contributed by atoms with E-state index in [2.05, 4.69) is 38.9 Å². The predicted octanol–water partition coefficient (Wildman–Crippen LogP) is 2.97. The highest BCUT2D eigenvalue weighted by molar-refractivity contribution is 5.87. The van der Waals surface area contributed by atoms with Crippen molar-refractivity contribution in [2.45, 2.75) is 66.6 Å². The molecular weight excluding hydrogens is 330 g/mol. The van der Waals surface area contributed by atoms with Crippen LogP contribution in [0, 0.1) is 12.8 Å². The van der Waals surface area contributed by atoms with E-state index in [4.69, 9.17) is 0 Å². The summed E-state index contributed by atoms with van der Waals surface area (Å²) in [4.78, 5) is 15.7. The quantitative estimate of drug-likeness (QED) is 0.677. The Balaban J connectivity index is 1.98. The van der Waals surface area contributed by atoms with Crippen molar-refractivity contribution >= 4 is 5.97 Å². The van der Waals surface area contributed by atoms with Crippen LogP contribution in [0.15, 0.2) is 12.1 Å². The fourth-order valence-corrected chi connectivity index (χ4v) is 2.85. The molecule has 142 valence electrons. The number of hydrogen-bond acceptors (Lipinski definition) is 5. The number of aryl methyl sites for hydroxylation is 2. The van der Waals surface area contributed by atoms with E-state index < -0.39 is 5.97 Å². The highest BCUT2D eigenvalue weighted by atomic mass is 16.4. The number of rotatable bonds is 10. The molecule has 0 saturated heterocycles. The van der Waals surface area contributed by atoms with Gasteiger partial charge in [0.2, 0.25) is 0 Å². The molecule has 0 atom stereocenters. The van der Waals surface area contributed by atoms with Gasteiger partial charge in [-0.3, -0.25) is 4.98 Å². The average molecular weight is 359 g/mol. The van der Waals surface area contributed by atoms with E-state index in [1.807, 2.05) is 13.8 Å². The van der Waals surface area contributed by atoms with Crippen LogP contribution in [0.1, 0.15) is 67.0 Å². The zero-order chi connectivity index (χ0) is 19.1. The first-order valence-corrected chi connectivity index (χ1v) is 9.23. The van der Waals surface area contributed by atoms with Crippen molar-refractivity contribution < 1.29 is 9.90 Å². The van der Waals surface area contributed by atoms with Crippen LogP contribution in [-0.4, -0.2) is 30.8 Å². The van der Waals surface area contributed by atoms with Gasteiger partial charge < -0.3 is 15.0 Å². The molecule has 7 nitrogen and oxygen atoms in total. The molecule has 2 aromatic rings. The summed E-state index contributed by atoms with van der Waals surface area (Å²) < 4.78 is 2.15. The maximum Gasteiger partial charge on any atom is 0.335 e. The lowest BCUT2D eigenvalue weighted by Crippen LogP contribution is -2.19. The van der Waals surface area contributed by atoms with Crippen molar-refractivity contribution in [1.29, 1.82) is 0 Å². The van der Waals surface area contributed by atoms with E-state index >= 15 is 0 Å². The average Bonchev–Trinajstić information content (AvgIpc) is 2.94. The van der Waals surface area contributed by atoms with Crippen LogP contribution < -0.4 is 5.32 Å². The van der Waals surface area contributed by atoms with Gasteiger partial charge in [0.05, 0.1) is 17.8 Å². The largest absolute Gasteiger partial charge is 0.478 e. The molecule has 0 spiro atoms. The Labute approximate surface area is 154 Å². The Kier molecular flexibility index (Phi) is 7.26. The molecule has 0 aromatic carbocycles. The SMILES string of the molecule is CCc1cc(C(=O)O)cc(CNCc2nnc(C)n2CCCC(C)C)n1. The molecule has 0 aliphatic rings. The van der Waals surface area contributed by atoms with Gasteiger partial charge in [0.25, 0.3) is 0 Å². The van der Waals surface area contributed by atoms with Gasteiger partial charge in [0.15, 0.2) is 0 Å². The molecule has 2 rings (SSSR count). The second-order valence-corrected chi connectivity index (χ2v) is 6.95. The number of nitrogens with zero attached hydrogens (tertiary/aromatic N) is 4. The molecule has 0 saturated carbocycles. The first-order chi connectivity index (χ1) is 12.4. The van der Waals surface area contributed by atoms with E-state index in [1.54, 1.807) is 12.1 Å². The zero-order valence-corrected chi connectivity index (χ0v) is 16.1. The summed E-state index contributed by atoms with van der Waals surface area (Å²) in [6.07, 6.45) is 2.99. The lowest BCUT2D eigenvalue weighted by molar-refractivity contribution is 0.0696. The number of hydrogen-bond donors (Lipinski definition) is 2. The standard InChI is InChI=1S/C19H29N5O2/c1-5-16-9-15(19(25)26)10-17(21-16)11-20-12-18-23-22-14(4)24(18)8-6-7-13(2)3/h9-10,13,20H,5-8,11-12H2,1-4H3,(H,25,26). The van der Waals surface area contributed by atoms with Crippen LogP contribution in [0.5, 0.6) is 0 Å². The third kappa shape index (κ3) is 5.62. The van der Waals surface area contributed by atoms with Crippen LogP contribution in [0.25, 0.3) is 0 Å². The lowest BCUT2D eigenvalue weighted by atomic mass is 10.1. The van der Waals surface area contributed by atoms with Crippen molar-refractivity contribution in [1.82, 2.24) is 25.1 Å². The van der Waals surface area contributed by atoms with Gasteiger partial charge in [-0.25, -0.2) is 4.79 Å². The van der Waals surface area contributed by atoms with Crippen molar-refractivity contribution in [2.24, 2.45) is 5.92 Å². The molecule has 2 heterocycles. The minimum absolute atomic E-state index is 0.279. The summed E-state index contributed by atoms with van der Waals surface area (Å²) >= 11 is 0. The van der Waals surface area contributed by atoms with Gasteiger partial charge in [-0.05, 0) is 44.2 Å². The van der Waals surface area contributed by atoms with Gasteiger partial charge in [-0.2, -0.15) is 0 Å². The maximum atomic E-state index is 11.2. The topological polar surface area (TPSA) is 92.9 Å². The molecule has 0 bridgehead atoms. The van der Waals surface area contributed by atoms with Crippen LogP contribution in [0.3, 0.4) is 0 Å². The molecule has 26 heavy (non-hydrogen) atoms. The lowest BCUT2D eigenvalue weighted by Gasteiger charge is -2.11. The van der Waals surface area contributed by atoms with Crippen LogP contribution in [0.4, 0.5) is 0 Å². The van der Waals surface area contributed by atoms with Crippen LogP contribution >= 0.6 is 0 Å². The zero-order valence-electron chi connectivity index (χ0n) is 16.1. The molecule has 0 fully saturated rings. The van der Waals surface area contributed by atoms with Gasteiger partial charge >= 0.3 is 5.97 Å². The first kappa shape index (κ1) is 20.0. The molecule has 0 unspecified atom stereocenters. The number of carboxylic acids is 1. The second-order valence-electron chi connectivity index (χ2n) is 6.95. The molecule has 7 heteroatoms. The highest BCUT2D eigenvalue weighted by Gasteiger charge is 2.10. The molecule has 0 radical (unpaired) electrons.